The zero-order valence-electron chi connectivity index (χ0n) is 14.5. The van der Waals surface area contributed by atoms with Crippen molar-refractivity contribution >= 4 is 23.9 Å². The van der Waals surface area contributed by atoms with Gasteiger partial charge in [-0.15, -0.1) is 0 Å². The summed E-state index contributed by atoms with van der Waals surface area (Å²) in [5, 5.41) is 35.4. The highest BCUT2D eigenvalue weighted by atomic mass is 16.6. The predicted octanol–water partition coefficient (Wildman–Crippen LogP) is -0.894. The highest BCUT2D eigenvalue weighted by Crippen LogP contribution is 2.09. The fourth-order valence-electron chi connectivity index (χ4n) is 1.43. The van der Waals surface area contributed by atoms with Gasteiger partial charge in [0.1, 0.15) is 37.5 Å². The molecule has 0 radical (unpaired) electrons. The number of nitriles is 4. The van der Waals surface area contributed by atoms with Crippen molar-refractivity contribution in [3.8, 4) is 24.3 Å². The van der Waals surface area contributed by atoms with Crippen LogP contribution >= 0.6 is 0 Å². The maximum atomic E-state index is 11.7. The van der Waals surface area contributed by atoms with Crippen molar-refractivity contribution in [3.05, 3.63) is 22.3 Å². The molecule has 142 valence electrons. The third kappa shape index (κ3) is 5.99. The Kier molecular flexibility index (Phi) is 9.83. The number of carbonyl (C=O) groups is 4. The molecular weight excluding hydrogens is 376 g/mol. The molecule has 0 atom stereocenters. The van der Waals surface area contributed by atoms with E-state index in [0.29, 0.717) is 0 Å². The van der Waals surface area contributed by atoms with Crippen LogP contribution in [-0.4, -0.2) is 51.3 Å². The maximum absolute atomic E-state index is 11.7. The molecule has 0 unspecified atom stereocenters. The average molecular weight is 386 g/mol. The van der Waals surface area contributed by atoms with Crippen LogP contribution in [0.15, 0.2) is 22.3 Å². The van der Waals surface area contributed by atoms with Crippen LogP contribution in [0, 0.1) is 45.3 Å². The summed E-state index contributed by atoms with van der Waals surface area (Å²) in [5.41, 5.74) is -3.59. The van der Waals surface area contributed by atoms with Gasteiger partial charge < -0.3 is 18.9 Å². The van der Waals surface area contributed by atoms with Crippen molar-refractivity contribution < 1.29 is 38.1 Å². The van der Waals surface area contributed by atoms with Crippen molar-refractivity contribution in [2.45, 2.75) is 0 Å². The zero-order chi connectivity index (χ0) is 21.7. The summed E-state index contributed by atoms with van der Waals surface area (Å²) in [4.78, 5) is 46.1. The lowest BCUT2D eigenvalue weighted by Crippen LogP contribution is -2.19. The standard InChI is InChI=1S/C16H10N4O8/c1-25-13(21)9(5-17)11(7-19)15(23)27-3-4-28-16(24)12(8-20)10(6-18)14(22)26-2/h3-4H2,1-2H3/b11-9+,12-10+. The number of esters is 4. The number of rotatable bonds is 7. The Morgan fingerprint density at radius 2 is 0.821 bits per heavy atom. The smallest absolute Gasteiger partial charge is 0.350 e. The Labute approximate surface area is 158 Å². The van der Waals surface area contributed by atoms with Crippen LogP contribution in [0.5, 0.6) is 0 Å². The molecule has 0 spiro atoms. The minimum atomic E-state index is -1.36. The van der Waals surface area contributed by atoms with E-state index in [4.69, 9.17) is 21.0 Å². The van der Waals surface area contributed by atoms with E-state index < -0.39 is 59.4 Å². The molecule has 0 N–H and O–H groups in total. The third-order valence-electron chi connectivity index (χ3n) is 2.68. The normalized spacial score (nSPS) is 10.9. The molecular formula is C16H10N4O8. The Bertz CT molecular complexity index is 842. The van der Waals surface area contributed by atoms with Crippen LogP contribution in [0.2, 0.25) is 0 Å². The van der Waals surface area contributed by atoms with Gasteiger partial charge in [0, 0.05) is 0 Å². The van der Waals surface area contributed by atoms with Crippen molar-refractivity contribution in [1.29, 1.82) is 21.0 Å². The molecule has 28 heavy (non-hydrogen) atoms. The molecule has 0 aliphatic carbocycles. The lowest BCUT2D eigenvalue weighted by atomic mass is 10.1. The van der Waals surface area contributed by atoms with Crippen LogP contribution < -0.4 is 0 Å². The number of carbonyl (C=O) groups excluding carboxylic acids is 4. The Balaban J connectivity index is 5.10. The fraction of sp³-hybridized carbons (Fsp3) is 0.250. The monoisotopic (exact) mass is 386 g/mol. The molecule has 0 aliphatic heterocycles. The molecule has 0 amide bonds. The summed E-state index contributed by atoms with van der Waals surface area (Å²) in [7, 11) is 1.87. The molecule has 0 bridgehead atoms. The molecule has 0 heterocycles. The van der Waals surface area contributed by atoms with Gasteiger partial charge in [-0.05, 0) is 0 Å². The zero-order valence-corrected chi connectivity index (χ0v) is 14.5. The van der Waals surface area contributed by atoms with E-state index in [-0.39, 0.29) is 0 Å². The third-order valence-corrected chi connectivity index (χ3v) is 2.68. The Morgan fingerprint density at radius 3 is 1.04 bits per heavy atom. The van der Waals surface area contributed by atoms with Gasteiger partial charge in [0.25, 0.3) is 0 Å². The van der Waals surface area contributed by atoms with E-state index in [0.717, 1.165) is 14.2 Å². The average Bonchev–Trinajstić information content (AvgIpc) is 2.71. The minimum Gasteiger partial charge on any atom is -0.465 e. The summed E-state index contributed by atoms with van der Waals surface area (Å²) < 4.78 is 17.7. The van der Waals surface area contributed by atoms with Gasteiger partial charge in [-0.2, -0.15) is 21.0 Å². The van der Waals surface area contributed by atoms with Gasteiger partial charge >= 0.3 is 23.9 Å². The van der Waals surface area contributed by atoms with Gasteiger partial charge in [0.2, 0.25) is 0 Å². The summed E-state index contributed by atoms with van der Waals surface area (Å²) in [5.74, 6) is -5.16. The van der Waals surface area contributed by atoms with Gasteiger partial charge in [0.05, 0.1) is 14.2 Å². The first kappa shape index (κ1) is 23.3. The molecule has 0 fully saturated rings. The second-order valence-corrected chi connectivity index (χ2v) is 4.20. The van der Waals surface area contributed by atoms with Gasteiger partial charge in [-0.1, -0.05) is 0 Å². The summed E-state index contributed by atoms with van der Waals surface area (Å²) >= 11 is 0. The number of methoxy groups -OCH3 is 2. The van der Waals surface area contributed by atoms with Crippen LogP contribution in [0.25, 0.3) is 0 Å². The maximum Gasteiger partial charge on any atom is 0.350 e. The van der Waals surface area contributed by atoms with Crippen LogP contribution in [0.1, 0.15) is 0 Å². The quantitative estimate of drug-likeness (QED) is 0.172. The number of ether oxygens (including phenoxy) is 4. The molecule has 0 aromatic heterocycles. The van der Waals surface area contributed by atoms with E-state index in [2.05, 4.69) is 18.9 Å². The summed E-state index contributed by atoms with van der Waals surface area (Å²) in [6, 6.07) is 5.31. The first-order valence-corrected chi connectivity index (χ1v) is 6.92. The molecule has 12 heteroatoms. The molecule has 0 aromatic rings. The fourth-order valence-corrected chi connectivity index (χ4v) is 1.43. The van der Waals surface area contributed by atoms with Gasteiger partial charge in [0.15, 0.2) is 22.3 Å². The topological polar surface area (TPSA) is 200 Å². The molecule has 0 aromatic carbocycles. The molecule has 0 aliphatic rings. The lowest BCUT2D eigenvalue weighted by molar-refractivity contribution is -0.147. The highest BCUT2D eigenvalue weighted by molar-refractivity contribution is 6.06. The predicted molar refractivity (Wildman–Crippen MR) is 82.5 cm³/mol. The van der Waals surface area contributed by atoms with E-state index in [1.807, 2.05) is 0 Å². The SMILES string of the molecule is COC(=O)/C(C#N)=C(\C#N)C(=O)OCCOC(=O)/C(C#N)=C(\C#N)C(=O)OC. The number of hydrogen-bond donors (Lipinski definition) is 0. The molecule has 12 nitrogen and oxygen atoms in total. The van der Waals surface area contributed by atoms with Crippen molar-refractivity contribution in [1.82, 2.24) is 0 Å². The van der Waals surface area contributed by atoms with E-state index in [1.165, 1.54) is 24.3 Å². The minimum absolute atomic E-state index is 0.631. The second-order valence-electron chi connectivity index (χ2n) is 4.20. The molecule has 0 rings (SSSR count). The Morgan fingerprint density at radius 1 is 0.571 bits per heavy atom. The largest absolute Gasteiger partial charge is 0.465 e. The first-order valence-electron chi connectivity index (χ1n) is 6.92. The summed E-state index contributed by atoms with van der Waals surface area (Å²) in [6.07, 6.45) is 0. The number of hydrogen-bond acceptors (Lipinski definition) is 12. The van der Waals surface area contributed by atoms with Crippen molar-refractivity contribution in [2.75, 3.05) is 27.4 Å². The summed E-state index contributed by atoms with van der Waals surface area (Å²) in [6.45, 7) is -1.26. The van der Waals surface area contributed by atoms with E-state index >= 15 is 0 Å². The van der Waals surface area contributed by atoms with Gasteiger partial charge in [-0.3, -0.25) is 0 Å². The highest BCUT2D eigenvalue weighted by Gasteiger charge is 2.25. The first-order chi connectivity index (χ1) is 13.3. The van der Waals surface area contributed by atoms with Crippen LogP contribution in [0.4, 0.5) is 0 Å². The van der Waals surface area contributed by atoms with Gasteiger partial charge in [-0.25, -0.2) is 19.2 Å². The van der Waals surface area contributed by atoms with Crippen molar-refractivity contribution in [2.24, 2.45) is 0 Å². The van der Waals surface area contributed by atoms with Crippen LogP contribution in [-0.2, 0) is 38.1 Å². The Hall–Kier alpha value is -4.68. The van der Waals surface area contributed by atoms with Crippen LogP contribution in [0.3, 0.4) is 0 Å². The second kappa shape index (κ2) is 11.8. The molecule has 0 saturated carbocycles. The van der Waals surface area contributed by atoms with E-state index in [1.54, 1.807) is 0 Å². The molecule has 0 saturated heterocycles. The van der Waals surface area contributed by atoms with E-state index in [9.17, 15) is 19.2 Å². The number of nitrogens with zero attached hydrogens (tertiary/aromatic N) is 4. The van der Waals surface area contributed by atoms with Crippen molar-refractivity contribution in [3.63, 3.8) is 0 Å². The lowest BCUT2D eigenvalue weighted by Gasteiger charge is -2.06.